The summed E-state index contributed by atoms with van der Waals surface area (Å²) in [6, 6.07) is 16.5. The molecular weight excluding hydrogens is 254 g/mol. The van der Waals surface area contributed by atoms with E-state index >= 15 is 0 Å². The van der Waals surface area contributed by atoms with Gasteiger partial charge in [-0.15, -0.1) is 0 Å². The molecule has 20 heavy (non-hydrogen) atoms. The van der Waals surface area contributed by atoms with E-state index in [-0.39, 0.29) is 13.2 Å². The first-order chi connectivity index (χ1) is 9.68. The molecule has 3 N–H and O–H groups in total. The maximum Gasteiger partial charge on any atom is 0.136 e. The van der Waals surface area contributed by atoms with Crippen LogP contribution in [0.15, 0.2) is 54.6 Å². The van der Waals surface area contributed by atoms with Crippen LogP contribution in [-0.2, 0) is 5.60 Å². The number of aliphatic hydroxyl groups is 1. The lowest BCUT2D eigenvalue weighted by molar-refractivity contribution is -0.00150. The molecule has 2 rings (SSSR count). The van der Waals surface area contributed by atoms with E-state index in [9.17, 15) is 5.11 Å². The lowest BCUT2D eigenvalue weighted by Gasteiger charge is -2.27. The summed E-state index contributed by atoms with van der Waals surface area (Å²) in [6.45, 7) is 0.168. The minimum atomic E-state index is -1.20. The highest BCUT2D eigenvalue weighted by molar-refractivity contribution is 5.33. The Labute approximate surface area is 118 Å². The van der Waals surface area contributed by atoms with Gasteiger partial charge in [0.1, 0.15) is 23.7 Å². The molecular formula is C16H19NO3. The van der Waals surface area contributed by atoms with Gasteiger partial charge in [-0.2, -0.15) is 0 Å². The fourth-order valence-electron chi connectivity index (χ4n) is 1.90. The number of rotatable bonds is 6. The molecule has 4 nitrogen and oxygen atoms in total. The summed E-state index contributed by atoms with van der Waals surface area (Å²) < 4.78 is 10.8. The molecule has 2 aromatic carbocycles. The van der Waals surface area contributed by atoms with Crippen molar-refractivity contribution in [3.8, 4) is 11.5 Å². The maximum absolute atomic E-state index is 10.6. The second-order valence-electron chi connectivity index (χ2n) is 4.57. The van der Waals surface area contributed by atoms with E-state index in [0.29, 0.717) is 11.5 Å². The van der Waals surface area contributed by atoms with E-state index in [1.807, 2.05) is 48.5 Å². The van der Waals surface area contributed by atoms with Crippen molar-refractivity contribution in [2.45, 2.75) is 5.60 Å². The van der Waals surface area contributed by atoms with Crippen molar-refractivity contribution in [3.63, 3.8) is 0 Å². The summed E-state index contributed by atoms with van der Waals surface area (Å²) in [6.07, 6.45) is 0. The first-order valence-corrected chi connectivity index (χ1v) is 6.43. The molecule has 0 aromatic heterocycles. The number of nitrogens with two attached hydrogens (primary N) is 1. The van der Waals surface area contributed by atoms with Crippen molar-refractivity contribution in [1.82, 2.24) is 0 Å². The summed E-state index contributed by atoms with van der Waals surface area (Å²) in [5.74, 6) is 1.34. The summed E-state index contributed by atoms with van der Waals surface area (Å²) in [5.41, 5.74) is 5.24. The second-order valence-corrected chi connectivity index (χ2v) is 4.57. The van der Waals surface area contributed by atoms with Crippen molar-refractivity contribution >= 4 is 0 Å². The van der Waals surface area contributed by atoms with Crippen LogP contribution in [0.4, 0.5) is 0 Å². The Kier molecular flexibility index (Phi) is 4.61. The van der Waals surface area contributed by atoms with Gasteiger partial charge in [-0.25, -0.2) is 0 Å². The molecule has 0 aliphatic carbocycles. The topological polar surface area (TPSA) is 64.7 Å². The van der Waals surface area contributed by atoms with Gasteiger partial charge in [0.15, 0.2) is 0 Å². The first kappa shape index (κ1) is 14.4. The number of hydrogen-bond acceptors (Lipinski definition) is 4. The quantitative estimate of drug-likeness (QED) is 0.844. The van der Waals surface area contributed by atoms with Gasteiger partial charge in [0.2, 0.25) is 0 Å². The van der Waals surface area contributed by atoms with Gasteiger partial charge >= 0.3 is 0 Å². The Morgan fingerprint density at radius 1 is 1.05 bits per heavy atom. The number of benzene rings is 2. The van der Waals surface area contributed by atoms with E-state index in [1.165, 1.54) is 0 Å². The van der Waals surface area contributed by atoms with E-state index < -0.39 is 5.60 Å². The molecule has 0 saturated carbocycles. The molecule has 1 atom stereocenters. The zero-order valence-corrected chi connectivity index (χ0v) is 11.5. The Morgan fingerprint density at radius 3 is 2.40 bits per heavy atom. The maximum atomic E-state index is 10.6. The van der Waals surface area contributed by atoms with Crippen molar-refractivity contribution < 1.29 is 14.6 Å². The van der Waals surface area contributed by atoms with E-state index in [1.54, 1.807) is 13.2 Å². The van der Waals surface area contributed by atoms with Crippen molar-refractivity contribution in [3.05, 3.63) is 60.2 Å². The number of methoxy groups -OCH3 is 1. The highest BCUT2D eigenvalue weighted by Gasteiger charge is 2.28. The van der Waals surface area contributed by atoms with Crippen LogP contribution in [-0.4, -0.2) is 25.4 Å². The highest BCUT2D eigenvalue weighted by atomic mass is 16.5. The molecule has 106 valence electrons. The summed E-state index contributed by atoms with van der Waals surface area (Å²) in [5, 5.41) is 10.6. The normalized spacial score (nSPS) is 13.6. The Balaban J connectivity index is 2.10. The fourth-order valence-corrected chi connectivity index (χ4v) is 1.90. The third kappa shape index (κ3) is 3.29. The number of ether oxygens (including phenoxy) is 2. The van der Waals surface area contributed by atoms with Gasteiger partial charge in [-0.1, -0.05) is 36.4 Å². The molecule has 0 amide bonds. The second kappa shape index (κ2) is 6.41. The largest absolute Gasteiger partial charge is 0.497 e. The monoisotopic (exact) mass is 273 g/mol. The first-order valence-electron chi connectivity index (χ1n) is 6.43. The van der Waals surface area contributed by atoms with Crippen LogP contribution in [0.3, 0.4) is 0 Å². The van der Waals surface area contributed by atoms with E-state index in [4.69, 9.17) is 15.2 Å². The van der Waals surface area contributed by atoms with Crippen molar-refractivity contribution in [2.75, 3.05) is 20.3 Å². The van der Waals surface area contributed by atoms with Crippen molar-refractivity contribution in [1.29, 1.82) is 0 Å². The average molecular weight is 273 g/mol. The third-order valence-electron chi connectivity index (χ3n) is 3.17. The predicted octanol–water partition coefficient (Wildman–Crippen LogP) is 1.92. The zero-order chi connectivity index (χ0) is 14.4. The molecule has 1 unspecified atom stereocenters. The van der Waals surface area contributed by atoms with E-state index in [0.717, 1.165) is 5.56 Å². The lowest BCUT2D eigenvalue weighted by atomic mass is 9.95. The van der Waals surface area contributed by atoms with E-state index in [2.05, 4.69) is 0 Å². The minimum Gasteiger partial charge on any atom is -0.497 e. The summed E-state index contributed by atoms with van der Waals surface area (Å²) in [7, 11) is 1.60. The number of hydrogen-bond donors (Lipinski definition) is 2. The highest BCUT2D eigenvalue weighted by Crippen LogP contribution is 2.24. The molecule has 0 aliphatic rings. The Hall–Kier alpha value is -2.04. The van der Waals surface area contributed by atoms with Crippen LogP contribution in [0.5, 0.6) is 11.5 Å². The van der Waals surface area contributed by atoms with Gasteiger partial charge in [0.25, 0.3) is 0 Å². The van der Waals surface area contributed by atoms with Gasteiger partial charge in [-0.05, 0) is 17.7 Å². The molecule has 0 saturated heterocycles. The smallest absolute Gasteiger partial charge is 0.136 e. The fraction of sp³-hybridized carbons (Fsp3) is 0.250. The molecule has 4 heteroatoms. The van der Waals surface area contributed by atoms with Crippen LogP contribution in [0.2, 0.25) is 0 Å². The Morgan fingerprint density at radius 2 is 1.75 bits per heavy atom. The molecule has 0 bridgehead atoms. The van der Waals surface area contributed by atoms with Gasteiger partial charge < -0.3 is 20.3 Å². The standard InChI is InChI=1S/C16H19NO3/c1-19-14-8-5-9-15(10-14)20-12-16(18,11-17)13-6-3-2-4-7-13/h2-10,18H,11-12,17H2,1H3. The predicted molar refractivity (Wildman–Crippen MR) is 77.9 cm³/mol. The van der Waals surface area contributed by atoms with Gasteiger partial charge in [0, 0.05) is 12.6 Å². The molecule has 0 radical (unpaired) electrons. The minimum absolute atomic E-state index is 0.0840. The van der Waals surface area contributed by atoms with Crippen LogP contribution >= 0.6 is 0 Å². The van der Waals surface area contributed by atoms with Crippen LogP contribution in [0.1, 0.15) is 5.56 Å². The molecule has 2 aromatic rings. The molecule has 0 fully saturated rings. The molecule has 0 spiro atoms. The lowest BCUT2D eigenvalue weighted by Crippen LogP contribution is -2.40. The van der Waals surface area contributed by atoms with Crippen LogP contribution < -0.4 is 15.2 Å². The van der Waals surface area contributed by atoms with Gasteiger partial charge in [-0.3, -0.25) is 0 Å². The Bertz CT molecular complexity index is 544. The molecule has 0 aliphatic heterocycles. The average Bonchev–Trinajstić information content (AvgIpc) is 2.53. The summed E-state index contributed by atoms with van der Waals surface area (Å²) in [4.78, 5) is 0. The third-order valence-corrected chi connectivity index (χ3v) is 3.17. The summed E-state index contributed by atoms with van der Waals surface area (Å²) >= 11 is 0. The van der Waals surface area contributed by atoms with Crippen LogP contribution in [0.25, 0.3) is 0 Å². The van der Waals surface area contributed by atoms with Gasteiger partial charge in [0.05, 0.1) is 7.11 Å². The van der Waals surface area contributed by atoms with Crippen molar-refractivity contribution in [2.24, 2.45) is 5.73 Å². The SMILES string of the molecule is COc1cccc(OCC(O)(CN)c2ccccc2)c1. The zero-order valence-electron chi connectivity index (χ0n) is 11.5. The molecule has 0 heterocycles. The van der Waals surface area contributed by atoms with Crippen LogP contribution in [0, 0.1) is 0 Å².